The fourth-order valence-electron chi connectivity index (χ4n) is 3.20. The summed E-state index contributed by atoms with van der Waals surface area (Å²) in [5, 5.41) is 0. The van der Waals surface area contributed by atoms with Gasteiger partial charge in [0.15, 0.2) is 0 Å². The Hall–Kier alpha value is 0. The van der Waals surface area contributed by atoms with Crippen LogP contribution in [-0.2, 0) is 0 Å². The Labute approximate surface area is 110 Å². The van der Waals surface area contributed by atoms with Crippen LogP contribution in [0.25, 0.3) is 0 Å². The fraction of sp³-hybridized carbons (Fsp3) is 1.00. The minimum absolute atomic E-state index is 0.881. The van der Waals surface area contributed by atoms with E-state index in [1.165, 1.54) is 32.1 Å². The maximum Gasteiger partial charge on any atom is -0.0355 e. The van der Waals surface area contributed by atoms with Gasteiger partial charge in [0.25, 0.3) is 0 Å². The van der Waals surface area contributed by atoms with E-state index in [1.54, 1.807) is 0 Å². The van der Waals surface area contributed by atoms with Gasteiger partial charge in [0, 0.05) is 0 Å². The van der Waals surface area contributed by atoms with Crippen LogP contribution in [0.4, 0.5) is 0 Å². The molecule has 0 saturated heterocycles. The number of hydrogen-bond donors (Lipinski definition) is 0. The van der Waals surface area contributed by atoms with Crippen LogP contribution in [0.2, 0.25) is 0 Å². The SMILES string of the molecule is CCC(C)CCCC(CC1C(C)C1C)C(C)C. The van der Waals surface area contributed by atoms with E-state index in [0.29, 0.717) is 0 Å². The number of hydrogen-bond acceptors (Lipinski definition) is 0. The maximum absolute atomic E-state index is 2.44. The zero-order valence-electron chi connectivity index (χ0n) is 13.0. The highest BCUT2D eigenvalue weighted by Gasteiger charge is 2.43. The largest absolute Gasteiger partial charge is 0.0651 e. The lowest BCUT2D eigenvalue weighted by atomic mass is 9.84. The van der Waals surface area contributed by atoms with Crippen LogP contribution in [0.3, 0.4) is 0 Å². The molecule has 1 aliphatic carbocycles. The first-order valence-electron chi connectivity index (χ1n) is 7.97. The highest BCUT2D eigenvalue weighted by molar-refractivity contribution is 4.92. The van der Waals surface area contributed by atoms with Crippen molar-refractivity contribution >= 4 is 0 Å². The Morgan fingerprint density at radius 1 is 0.941 bits per heavy atom. The van der Waals surface area contributed by atoms with Crippen LogP contribution in [0.1, 0.15) is 73.6 Å². The minimum Gasteiger partial charge on any atom is -0.0651 e. The molecule has 0 spiro atoms. The molecule has 1 rings (SSSR count). The molecule has 0 aromatic carbocycles. The maximum atomic E-state index is 2.44. The van der Waals surface area contributed by atoms with Gasteiger partial charge in [-0.05, 0) is 41.9 Å². The molecule has 1 saturated carbocycles. The summed E-state index contributed by atoms with van der Waals surface area (Å²) in [5.74, 6) is 5.85. The molecule has 4 unspecified atom stereocenters. The molecule has 0 amide bonds. The van der Waals surface area contributed by atoms with Gasteiger partial charge in [-0.2, -0.15) is 0 Å². The van der Waals surface area contributed by atoms with E-state index >= 15 is 0 Å². The molecule has 0 aliphatic heterocycles. The summed E-state index contributed by atoms with van der Waals surface area (Å²) in [7, 11) is 0. The number of rotatable bonds is 8. The normalized spacial score (nSPS) is 31.6. The Balaban J connectivity index is 2.24. The van der Waals surface area contributed by atoms with Crippen LogP contribution < -0.4 is 0 Å². The first-order chi connectivity index (χ1) is 7.97. The Kier molecular flexibility index (Phi) is 6.03. The summed E-state index contributed by atoms with van der Waals surface area (Å²) in [4.78, 5) is 0. The molecule has 1 aliphatic rings. The first-order valence-corrected chi connectivity index (χ1v) is 7.97. The molecule has 0 radical (unpaired) electrons. The average molecular weight is 238 g/mol. The second kappa shape index (κ2) is 6.81. The smallest absolute Gasteiger partial charge is 0.0355 e. The first kappa shape index (κ1) is 15.1. The van der Waals surface area contributed by atoms with Gasteiger partial charge in [0.1, 0.15) is 0 Å². The van der Waals surface area contributed by atoms with Gasteiger partial charge < -0.3 is 0 Å². The van der Waals surface area contributed by atoms with Gasteiger partial charge in [-0.25, -0.2) is 0 Å². The molecule has 102 valence electrons. The molecule has 4 atom stereocenters. The quantitative estimate of drug-likeness (QED) is 0.504. The van der Waals surface area contributed by atoms with Crippen molar-refractivity contribution in [1.29, 1.82) is 0 Å². The van der Waals surface area contributed by atoms with E-state index in [1.807, 2.05) is 0 Å². The Morgan fingerprint density at radius 2 is 1.53 bits per heavy atom. The van der Waals surface area contributed by atoms with E-state index < -0.39 is 0 Å². The third-order valence-corrected chi connectivity index (χ3v) is 5.53. The average Bonchev–Trinajstić information content (AvgIpc) is 2.84. The molecule has 0 nitrogen and oxygen atoms in total. The van der Waals surface area contributed by atoms with Crippen molar-refractivity contribution < 1.29 is 0 Å². The summed E-state index contributed by atoms with van der Waals surface area (Å²) >= 11 is 0. The second-order valence-corrected chi connectivity index (χ2v) is 7.07. The third kappa shape index (κ3) is 4.64. The topological polar surface area (TPSA) is 0 Å². The lowest BCUT2D eigenvalue weighted by molar-refractivity contribution is 0.295. The van der Waals surface area contributed by atoms with Gasteiger partial charge in [-0.3, -0.25) is 0 Å². The van der Waals surface area contributed by atoms with E-state index in [-0.39, 0.29) is 0 Å². The standard InChI is InChI=1S/C17H34/c1-7-13(4)9-8-10-16(12(2)3)11-17-14(5)15(17)6/h12-17H,7-11H2,1-6H3. The molecule has 0 heterocycles. The van der Waals surface area contributed by atoms with Crippen molar-refractivity contribution in [2.24, 2.45) is 35.5 Å². The molecule has 0 bridgehead atoms. The van der Waals surface area contributed by atoms with Gasteiger partial charge in [-0.1, -0.05) is 67.2 Å². The highest BCUT2D eigenvalue weighted by atomic mass is 14.5. The molecule has 0 aromatic heterocycles. The summed E-state index contributed by atoms with van der Waals surface area (Å²) in [6.45, 7) is 14.4. The van der Waals surface area contributed by atoms with Gasteiger partial charge >= 0.3 is 0 Å². The predicted molar refractivity (Wildman–Crippen MR) is 78.1 cm³/mol. The molecular weight excluding hydrogens is 204 g/mol. The van der Waals surface area contributed by atoms with E-state index in [2.05, 4.69) is 41.5 Å². The molecule has 0 N–H and O–H groups in total. The predicted octanol–water partition coefficient (Wildman–Crippen LogP) is 5.77. The molecule has 1 fully saturated rings. The summed E-state index contributed by atoms with van der Waals surface area (Å²) < 4.78 is 0. The van der Waals surface area contributed by atoms with E-state index in [4.69, 9.17) is 0 Å². The monoisotopic (exact) mass is 238 g/mol. The molecular formula is C17H34. The molecule has 0 heteroatoms. The minimum atomic E-state index is 0.881. The molecule has 0 aromatic rings. The van der Waals surface area contributed by atoms with Crippen LogP contribution in [0.15, 0.2) is 0 Å². The lowest BCUT2D eigenvalue weighted by Gasteiger charge is -2.21. The van der Waals surface area contributed by atoms with Crippen molar-refractivity contribution in [3.05, 3.63) is 0 Å². The van der Waals surface area contributed by atoms with Crippen LogP contribution in [0, 0.1) is 35.5 Å². The van der Waals surface area contributed by atoms with Crippen LogP contribution in [0.5, 0.6) is 0 Å². The third-order valence-electron chi connectivity index (χ3n) is 5.53. The van der Waals surface area contributed by atoms with Crippen molar-refractivity contribution in [2.45, 2.75) is 73.6 Å². The van der Waals surface area contributed by atoms with Gasteiger partial charge in [0.2, 0.25) is 0 Å². The van der Waals surface area contributed by atoms with Gasteiger partial charge in [-0.15, -0.1) is 0 Å². The zero-order valence-corrected chi connectivity index (χ0v) is 13.0. The van der Waals surface area contributed by atoms with Crippen molar-refractivity contribution in [3.63, 3.8) is 0 Å². The van der Waals surface area contributed by atoms with E-state index in [0.717, 1.165) is 35.5 Å². The van der Waals surface area contributed by atoms with Crippen LogP contribution in [-0.4, -0.2) is 0 Å². The summed E-state index contributed by atoms with van der Waals surface area (Å²) in [6.07, 6.45) is 7.21. The molecule has 17 heavy (non-hydrogen) atoms. The van der Waals surface area contributed by atoms with Gasteiger partial charge in [0.05, 0.1) is 0 Å². The van der Waals surface area contributed by atoms with Crippen molar-refractivity contribution in [2.75, 3.05) is 0 Å². The van der Waals surface area contributed by atoms with Crippen molar-refractivity contribution in [3.8, 4) is 0 Å². The fourth-order valence-corrected chi connectivity index (χ4v) is 3.20. The summed E-state index contributed by atoms with van der Waals surface area (Å²) in [5.41, 5.74) is 0. The Bertz CT molecular complexity index is 198. The Morgan fingerprint density at radius 3 is 1.94 bits per heavy atom. The highest BCUT2D eigenvalue weighted by Crippen LogP contribution is 2.50. The zero-order chi connectivity index (χ0) is 13.0. The van der Waals surface area contributed by atoms with Crippen LogP contribution >= 0.6 is 0 Å². The van der Waals surface area contributed by atoms with E-state index in [9.17, 15) is 0 Å². The summed E-state index contributed by atoms with van der Waals surface area (Å²) in [6, 6.07) is 0. The second-order valence-electron chi connectivity index (χ2n) is 7.07. The van der Waals surface area contributed by atoms with Crippen molar-refractivity contribution in [1.82, 2.24) is 0 Å². The lowest BCUT2D eigenvalue weighted by Crippen LogP contribution is -2.11.